The fraction of sp³-hybridized carbons (Fsp3) is 0.947. The van der Waals surface area contributed by atoms with Crippen LogP contribution in [0, 0.1) is 0 Å². The van der Waals surface area contributed by atoms with E-state index in [4.69, 9.17) is 4.74 Å². The van der Waals surface area contributed by atoms with E-state index >= 15 is 0 Å². The van der Waals surface area contributed by atoms with E-state index in [0.29, 0.717) is 5.54 Å². The fourth-order valence-electron chi connectivity index (χ4n) is 4.57. The van der Waals surface area contributed by atoms with Gasteiger partial charge >= 0.3 is 0 Å². The van der Waals surface area contributed by atoms with Gasteiger partial charge in [0, 0.05) is 56.9 Å². The topological polar surface area (TPSA) is 48.9 Å². The van der Waals surface area contributed by atoms with Crippen LogP contribution in [0.1, 0.15) is 51.9 Å². The third kappa shape index (κ3) is 5.04. The molecule has 3 rings (SSSR count). The van der Waals surface area contributed by atoms with Crippen LogP contribution in [0.3, 0.4) is 0 Å². The summed E-state index contributed by atoms with van der Waals surface area (Å²) in [5.74, 6) is 3.49. The van der Waals surface area contributed by atoms with Crippen LogP contribution in [0.4, 0.5) is 0 Å². The Bertz CT molecular complexity index is 439. The number of rotatable bonds is 5. The lowest BCUT2D eigenvalue weighted by atomic mass is 9.80. The van der Waals surface area contributed by atoms with Crippen molar-refractivity contribution in [3.8, 4) is 0 Å². The second-order valence-corrected chi connectivity index (χ2v) is 9.29. The average molecular weight is 369 g/mol. The van der Waals surface area contributed by atoms with Gasteiger partial charge in [0.1, 0.15) is 0 Å². The van der Waals surface area contributed by atoms with Gasteiger partial charge in [0.15, 0.2) is 5.96 Å². The van der Waals surface area contributed by atoms with Crippen molar-refractivity contribution in [2.45, 2.75) is 63.0 Å². The van der Waals surface area contributed by atoms with E-state index in [0.717, 1.165) is 32.1 Å². The van der Waals surface area contributed by atoms with E-state index in [1.54, 1.807) is 0 Å². The molecule has 1 atom stereocenters. The first-order valence-corrected chi connectivity index (χ1v) is 11.2. The Morgan fingerprint density at radius 2 is 1.76 bits per heavy atom. The summed E-state index contributed by atoms with van der Waals surface area (Å²) in [6.45, 7) is 7.41. The Morgan fingerprint density at radius 3 is 2.40 bits per heavy atom. The monoisotopic (exact) mass is 368 g/mol. The highest BCUT2D eigenvalue weighted by Gasteiger charge is 2.38. The Morgan fingerprint density at radius 1 is 1.04 bits per heavy atom. The molecule has 2 N–H and O–H groups in total. The van der Waals surface area contributed by atoms with Gasteiger partial charge in [-0.25, -0.2) is 0 Å². The first-order valence-electron chi connectivity index (χ1n) is 10.1. The Kier molecular flexibility index (Phi) is 6.92. The minimum atomic E-state index is -0.0375. The van der Waals surface area contributed by atoms with Crippen LogP contribution in [0.25, 0.3) is 0 Å². The highest BCUT2D eigenvalue weighted by Crippen LogP contribution is 2.34. The molecule has 1 aliphatic carbocycles. The molecule has 25 heavy (non-hydrogen) atoms. The van der Waals surface area contributed by atoms with E-state index in [2.05, 4.69) is 39.2 Å². The third-order valence-corrected chi connectivity index (χ3v) is 7.15. The second-order valence-electron chi connectivity index (χ2n) is 8.07. The number of hydrogen-bond donors (Lipinski definition) is 2. The largest absolute Gasteiger partial charge is 0.373 e. The molecule has 0 aromatic heterocycles. The Hall–Kier alpha value is -0.460. The molecule has 0 aromatic carbocycles. The van der Waals surface area contributed by atoms with Crippen LogP contribution in [0.5, 0.6) is 0 Å². The molecular weight excluding hydrogens is 332 g/mol. The molecule has 2 aliphatic heterocycles. The fourth-order valence-corrected chi connectivity index (χ4v) is 5.47. The SMILES string of the molecule is CN=C(NCC1(C)CCCO1)NCC1(N2CCSCC2)CCCCC1. The number of hydrogen-bond acceptors (Lipinski definition) is 4. The summed E-state index contributed by atoms with van der Waals surface area (Å²) in [6.07, 6.45) is 9.07. The normalized spacial score (nSPS) is 31.0. The molecule has 0 aromatic rings. The summed E-state index contributed by atoms with van der Waals surface area (Å²) < 4.78 is 5.89. The maximum absolute atomic E-state index is 5.89. The first-order chi connectivity index (χ1) is 12.2. The predicted octanol–water partition coefficient (Wildman–Crippen LogP) is 2.47. The van der Waals surface area contributed by atoms with Crippen molar-refractivity contribution in [1.82, 2.24) is 15.5 Å². The number of ether oxygens (including phenoxy) is 1. The maximum atomic E-state index is 5.89. The summed E-state index contributed by atoms with van der Waals surface area (Å²) in [5.41, 5.74) is 0.287. The zero-order valence-electron chi connectivity index (χ0n) is 16.1. The van der Waals surface area contributed by atoms with Gasteiger partial charge in [0.2, 0.25) is 0 Å². The van der Waals surface area contributed by atoms with Gasteiger partial charge in [0.05, 0.1) is 5.60 Å². The van der Waals surface area contributed by atoms with Crippen LogP contribution >= 0.6 is 11.8 Å². The second kappa shape index (κ2) is 8.96. The molecule has 2 saturated heterocycles. The van der Waals surface area contributed by atoms with E-state index in [-0.39, 0.29) is 5.60 Å². The highest BCUT2D eigenvalue weighted by molar-refractivity contribution is 7.99. The van der Waals surface area contributed by atoms with Crippen LogP contribution in [0.15, 0.2) is 4.99 Å². The van der Waals surface area contributed by atoms with Crippen molar-refractivity contribution < 1.29 is 4.74 Å². The van der Waals surface area contributed by atoms with Gasteiger partial charge in [-0.05, 0) is 32.6 Å². The summed E-state index contributed by atoms with van der Waals surface area (Å²) in [5, 5.41) is 7.16. The zero-order valence-corrected chi connectivity index (χ0v) is 16.9. The quantitative estimate of drug-likeness (QED) is 0.577. The molecule has 1 saturated carbocycles. The van der Waals surface area contributed by atoms with Crippen LogP contribution in [-0.4, -0.2) is 73.3 Å². The summed E-state index contributed by atoms with van der Waals surface area (Å²) >= 11 is 2.10. The smallest absolute Gasteiger partial charge is 0.191 e. The number of nitrogens with zero attached hydrogens (tertiary/aromatic N) is 2. The molecule has 1 unspecified atom stereocenters. The molecule has 0 spiro atoms. The summed E-state index contributed by atoms with van der Waals surface area (Å²) in [4.78, 5) is 7.23. The van der Waals surface area contributed by atoms with E-state index < -0.39 is 0 Å². The van der Waals surface area contributed by atoms with Crippen LogP contribution < -0.4 is 10.6 Å². The Labute approximate surface area is 157 Å². The van der Waals surface area contributed by atoms with Crippen LogP contribution in [0.2, 0.25) is 0 Å². The van der Waals surface area contributed by atoms with Gasteiger partial charge in [-0.1, -0.05) is 19.3 Å². The predicted molar refractivity (Wildman–Crippen MR) is 108 cm³/mol. The molecular formula is C19H36N4OS. The van der Waals surface area contributed by atoms with E-state index in [1.165, 1.54) is 63.1 Å². The average Bonchev–Trinajstić information content (AvgIpc) is 3.10. The molecule has 3 aliphatic rings. The first kappa shape index (κ1) is 19.3. The van der Waals surface area contributed by atoms with Crippen molar-refractivity contribution >= 4 is 17.7 Å². The maximum Gasteiger partial charge on any atom is 0.191 e. The van der Waals surface area contributed by atoms with Gasteiger partial charge in [-0.2, -0.15) is 11.8 Å². The molecule has 0 amide bonds. The van der Waals surface area contributed by atoms with E-state index in [1.807, 2.05) is 7.05 Å². The van der Waals surface area contributed by atoms with Crippen molar-refractivity contribution in [1.29, 1.82) is 0 Å². The molecule has 5 nitrogen and oxygen atoms in total. The van der Waals surface area contributed by atoms with Gasteiger partial charge in [-0.15, -0.1) is 0 Å². The highest BCUT2D eigenvalue weighted by atomic mass is 32.2. The minimum Gasteiger partial charge on any atom is -0.373 e. The van der Waals surface area contributed by atoms with Crippen molar-refractivity contribution in [3.63, 3.8) is 0 Å². The number of guanidine groups is 1. The number of nitrogens with one attached hydrogen (secondary N) is 2. The number of thioether (sulfide) groups is 1. The molecule has 2 heterocycles. The lowest BCUT2D eigenvalue weighted by Gasteiger charge is -2.48. The zero-order chi connectivity index (χ0) is 17.6. The van der Waals surface area contributed by atoms with Crippen LogP contribution in [-0.2, 0) is 4.74 Å². The third-order valence-electron chi connectivity index (χ3n) is 6.20. The molecule has 6 heteroatoms. The van der Waals surface area contributed by atoms with E-state index in [9.17, 15) is 0 Å². The molecule has 0 bridgehead atoms. The standard InChI is InChI=1S/C19H36N4OS/c1-18(7-6-12-24-18)15-21-17(20-2)22-16-19(8-4-3-5-9-19)23-10-13-25-14-11-23/h3-16H2,1-2H3,(H2,20,21,22). The van der Waals surface area contributed by atoms with Crippen molar-refractivity contribution in [2.75, 3.05) is 51.3 Å². The Balaban J connectivity index is 1.55. The van der Waals surface area contributed by atoms with Crippen molar-refractivity contribution in [2.24, 2.45) is 4.99 Å². The van der Waals surface area contributed by atoms with Gasteiger partial charge < -0.3 is 15.4 Å². The lowest BCUT2D eigenvalue weighted by molar-refractivity contribution is 0.0241. The molecule has 0 radical (unpaired) electrons. The van der Waals surface area contributed by atoms with Gasteiger partial charge in [0.25, 0.3) is 0 Å². The number of aliphatic imine (C=N–C) groups is 1. The molecule has 3 fully saturated rings. The van der Waals surface area contributed by atoms with Crippen molar-refractivity contribution in [3.05, 3.63) is 0 Å². The lowest BCUT2D eigenvalue weighted by Crippen LogP contribution is -2.60. The summed E-state index contributed by atoms with van der Waals surface area (Å²) in [6, 6.07) is 0. The minimum absolute atomic E-state index is 0.0375. The molecule has 144 valence electrons. The van der Waals surface area contributed by atoms with Gasteiger partial charge in [-0.3, -0.25) is 9.89 Å². The summed E-state index contributed by atoms with van der Waals surface area (Å²) in [7, 11) is 1.87.